The molecule has 2 aliphatic rings. The zero-order valence-corrected chi connectivity index (χ0v) is 26.6. The van der Waals surface area contributed by atoms with Gasteiger partial charge < -0.3 is 19.7 Å². The molecular formula is C35H44N4O5. The summed E-state index contributed by atoms with van der Waals surface area (Å²) < 4.78 is 12.9. The Morgan fingerprint density at radius 3 is 2.43 bits per heavy atom. The number of benzene rings is 2. The van der Waals surface area contributed by atoms with E-state index in [1.54, 1.807) is 24.9 Å². The van der Waals surface area contributed by atoms with E-state index in [2.05, 4.69) is 29.5 Å². The fraction of sp³-hybridized carbons (Fsp3) is 0.486. The van der Waals surface area contributed by atoms with E-state index in [9.17, 15) is 14.4 Å². The zero-order chi connectivity index (χ0) is 31.6. The highest BCUT2D eigenvalue weighted by Gasteiger charge is 2.49. The molecule has 1 aromatic heterocycles. The van der Waals surface area contributed by atoms with Gasteiger partial charge in [-0.2, -0.15) is 5.10 Å². The van der Waals surface area contributed by atoms with Crippen LogP contribution in [0.15, 0.2) is 60.9 Å². The Balaban J connectivity index is 1.37. The second kappa shape index (κ2) is 12.8. The third-order valence-corrected chi connectivity index (χ3v) is 8.70. The molecule has 9 heteroatoms. The lowest BCUT2D eigenvalue weighted by Crippen LogP contribution is -2.43. The molecule has 2 amide bonds. The lowest BCUT2D eigenvalue weighted by molar-refractivity contribution is -0.120. The van der Waals surface area contributed by atoms with Crippen molar-refractivity contribution in [3.8, 4) is 11.1 Å². The average molecular weight is 601 g/mol. The fourth-order valence-corrected chi connectivity index (χ4v) is 6.42. The molecule has 1 saturated carbocycles. The van der Waals surface area contributed by atoms with Crippen molar-refractivity contribution < 1.29 is 23.9 Å². The van der Waals surface area contributed by atoms with Gasteiger partial charge in [0.1, 0.15) is 18.0 Å². The van der Waals surface area contributed by atoms with E-state index in [0.29, 0.717) is 19.0 Å². The maximum Gasteiger partial charge on any atom is 0.410 e. The summed E-state index contributed by atoms with van der Waals surface area (Å²) in [5.74, 6) is 0.652. The Hall–Kier alpha value is -4.14. The average Bonchev–Trinajstić information content (AvgIpc) is 3.71. The number of rotatable bonds is 9. The lowest BCUT2D eigenvalue weighted by atomic mass is 9.63. The van der Waals surface area contributed by atoms with Crippen LogP contribution in [0.1, 0.15) is 76.1 Å². The molecule has 0 bridgehead atoms. The molecule has 1 heterocycles. The van der Waals surface area contributed by atoms with Gasteiger partial charge in [0.2, 0.25) is 0 Å². The number of hydrogen-bond acceptors (Lipinski definition) is 6. The topological polar surface area (TPSA) is 103 Å². The number of likely N-dealkylation sites (N-methyl/N-ethyl adjacent to an activating group) is 1. The van der Waals surface area contributed by atoms with Crippen LogP contribution < -0.4 is 5.32 Å². The normalized spacial score (nSPS) is 21.2. The van der Waals surface area contributed by atoms with E-state index in [1.807, 2.05) is 63.4 Å². The van der Waals surface area contributed by atoms with E-state index in [1.165, 1.54) is 4.90 Å². The van der Waals surface area contributed by atoms with Crippen LogP contribution in [0.5, 0.6) is 0 Å². The smallest absolute Gasteiger partial charge is 0.410 e. The first-order valence-electron chi connectivity index (χ1n) is 15.5. The number of nitrogens with zero attached hydrogens (tertiary/aromatic N) is 3. The Morgan fingerprint density at radius 2 is 1.77 bits per heavy atom. The maximum atomic E-state index is 13.1. The van der Waals surface area contributed by atoms with Gasteiger partial charge in [0, 0.05) is 31.3 Å². The van der Waals surface area contributed by atoms with Crippen molar-refractivity contribution in [2.45, 2.75) is 78.2 Å². The molecule has 2 aromatic carbocycles. The van der Waals surface area contributed by atoms with Crippen molar-refractivity contribution in [3.63, 3.8) is 0 Å². The molecule has 3 aromatic rings. The molecule has 0 radical (unpaired) electrons. The second-order valence-corrected chi connectivity index (χ2v) is 13.3. The molecular weight excluding hydrogens is 556 g/mol. The second-order valence-electron chi connectivity index (χ2n) is 13.3. The largest absolute Gasteiger partial charge is 0.445 e. The summed E-state index contributed by atoms with van der Waals surface area (Å²) in [6.07, 6.45) is 5.12. The number of alkyl carbamates (subject to hydrolysis) is 1. The van der Waals surface area contributed by atoms with Crippen molar-refractivity contribution in [2.75, 3.05) is 13.6 Å². The van der Waals surface area contributed by atoms with Crippen molar-refractivity contribution in [2.24, 2.45) is 17.8 Å². The van der Waals surface area contributed by atoms with Crippen LogP contribution in [-0.4, -0.2) is 51.8 Å². The Bertz CT molecular complexity index is 1490. The van der Waals surface area contributed by atoms with Gasteiger partial charge in [-0.25, -0.2) is 9.59 Å². The van der Waals surface area contributed by atoms with Gasteiger partial charge in [-0.3, -0.25) is 9.48 Å². The first-order chi connectivity index (χ1) is 20.9. The molecule has 44 heavy (non-hydrogen) atoms. The van der Waals surface area contributed by atoms with Crippen LogP contribution in [0.2, 0.25) is 0 Å². The quantitative estimate of drug-likeness (QED) is 0.292. The number of carbonyl (C=O) groups excluding carboxylic acids is 3. The first-order valence-corrected chi connectivity index (χ1v) is 15.5. The monoisotopic (exact) mass is 600 g/mol. The number of ketones is 1. The van der Waals surface area contributed by atoms with E-state index in [4.69, 9.17) is 9.47 Å². The number of fused-ring (bicyclic) bond motifs is 1. The summed E-state index contributed by atoms with van der Waals surface area (Å²) >= 11 is 0. The predicted octanol–water partition coefficient (Wildman–Crippen LogP) is 6.73. The number of aromatic nitrogens is 2. The van der Waals surface area contributed by atoms with E-state index < -0.39 is 11.7 Å². The molecule has 0 spiro atoms. The Labute approximate surface area is 259 Å². The molecule has 0 aliphatic heterocycles. The van der Waals surface area contributed by atoms with Crippen molar-refractivity contribution in [1.29, 1.82) is 0 Å². The summed E-state index contributed by atoms with van der Waals surface area (Å²) in [6, 6.07) is 15.5. The van der Waals surface area contributed by atoms with Gasteiger partial charge in [0.05, 0.1) is 18.8 Å². The highest BCUT2D eigenvalue weighted by Crippen LogP contribution is 2.55. The van der Waals surface area contributed by atoms with Gasteiger partial charge in [-0.15, -0.1) is 0 Å². The molecule has 2 unspecified atom stereocenters. The van der Waals surface area contributed by atoms with Crippen LogP contribution >= 0.6 is 0 Å². The fourth-order valence-electron chi connectivity index (χ4n) is 6.42. The van der Waals surface area contributed by atoms with Gasteiger partial charge in [-0.1, -0.05) is 49.4 Å². The molecule has 1 fully saturated rings. The first kappa shape index (κ1) is 31.3. The molecule has 1 N–H and O–H groups in total. The predicted molar refractivity (Wildman–Crippen MR) is 168 cm³/mol. The minimum atomic E-state index is -0.556. The molecule has 9 nitrogen and oxygen atoms in total. The lowest BCUT2D eigenvalue weighted by Gasteiger charge is -2.43. The van der Waals surface area contributed by atoms with E-state index in [0.717, 1.165) is 40.7 Å². The minimum Gasteiger partial charge on any atom is -0.445 e. The SMILES string of the molecule is CC(=O)C1c2ccc(-c3cnn(CCN(C)C(=O)OC(C)(C)C)c3)cc2C(NC(=O)OCc2ccccc2)[C@@H](C)[C@@H]1C1CC1. The number of hydrogen-bond donors (Lipinski definition) is 1. The van der Waals surface area contributed by atoms with Crippen LogP contribution in [-0.2, 0) is 27.4 Å². The zero-order valence-electron chi connectivity index (χ0n) is 26.6. The number of carbonyl (C=O) groups is 3. The van der Waals surface area contributed by atoms with Gasteiger partial charge >= 0.3 is 12.2 Å². The van der Waals surface area contributed by atoms with E-state index in [-0.39, 0.29) is 42.3 Å². The van der Waals surface area contributed by atoms with Crippen molar-refractivity contribution in [3.05, 3.63) is 77.6 Å². The number of amides is 2. The van der Waals surface area contributed by atoms with E-state index >= 15 is 0 Å². The maximum absolute atomic E-state index is 13.1. The third-order valence-electron chi connectivity index (χ3n) is 8.70. The van der Waals surface area contributed by atoms with Gasteiger partial charge in [0.25, 0.3) is 0 Å². The number of ether oxygens (including phenoxy) is 2. The third kappa shape index (κ3) is 7.31. The molecule has 0 saturated heterocycles. The number of Topliss-reactive ketones (excluding diaryl/α,β-unsaturated/α-hetero) is 1. The highest BCUT2D eigenvalue weighted by atomic mass is 16.6. The Kier molecular flexibility index (Phi) is 9.13. The van der Waals surface area contributed by atoms with Crippen LogP contribution in [0.25, 0.3) is 11.1 Å². The summed E-state index contributed by atoms with van der Waals surface area (Å²) in [6.45, 7) is 10.5. The van der Waals surface area contributed by atoms with Gasteiger partial charge in [-0.05, 0) is 86.6 Å². The summed E-state index contributed by atoms with van der Waals surface area (Å²) in [7, 11) is 1.71. The summed E-state index contributed by atoms with van der Waals surface area (Å²) in [5, 5.41) is 7.69. The van der Waals surface area contributed by atoms with Crippen molar-refractivity contribution in [1.82, 2.24) is 20.0 Å². The molecule has 234 valence electrons. The summed E-state index contributed by atoms with van der Waals surface area (Å²) in [5.41, 5.74) is 4.15. The van der Waals surface area contributed by atoms with Crippen molar-refractivity contribution >= 4 is 18.0 Å². The molecule has 4 atom stereocenters. The molecule has 5 rings (SSSR count). The molecule has 2 aliphatic carbocycles. The summed E-state index contributed by atoms with van der Waals surface area (Å²) in [4.78, 5) is 40.1. The standard InChI is InChI=1S/C35H44N4O5/c1-22-30(25-12-13-25)31(23(2)40)28-15-14-26(18-29(28)32(22)37-33(41)43-21-24-10-8-7-9-11-24)27-19-36-39(20-27)17-16-38(6)34(42)44-35(3,4)5/h7-11,14-15,18-20,22,25,30-32H,12-13,16-17,21H2,1-6H3,(H,37,41)/t22-,30+,31?,32?/m0/s1. The highest BCUT2D eigenvalue weighted by molar-refractivity contribution is 5.85. The minimum absolute atomic E-state index is 0.0505. The van der Waals surface area contributed by atoms with Crippen LogP contribution in [0.4, 0.5) is 9.59 Å². The van der Waals surface area contributed by atoms with Crippen LogP contribution in [0.3, 0.4) is 0 Å². The number of nitrogens with one attached hydrogen (secondary N) is 1. The Morgan fingerprint density at radius 1 is 1.05 bits per heavy atom. The van der Waals surface area contributed by atoms with Crippen LogP contribution in [0, 0.1) is 17.8 Å². The van der Waals surface area contributed by atoms with Gasteiger partial charge in [0.15, 0.2) is 0 Å².